The summed E-state index contributed by atoms with van der Waals surface area (Å²) in [4.78, 5) is 12.7. The minimum atomic E-state index is -0.412. The normalized spacial score (nSPS) is 18.2. The molecule has 0 unspecified atom stereocenters. The van der Waals surface area contributed by atoms with Crippen LogP contribution in [0.1, 0.15) is 112 Å². The quantitative estimate of drug-likeness (QED) is 0.210. The maximum Gasteiger partial charge on any atom is 0.343 e. The Morgan fingerprint density at radius 1 is 1.03 bits per heavy atom. The molecule has 0 aromatic heterocycles. The molecular weight excluding hydrogens is 406 g/mol. The molecule has 0 amide bonds. The maximum absolute atomic E-state index is 12.7. The number of unbranched alkanes of at least 4 members (excludes halogenated alkanes) is 3. The van der Waals surface area contributed by atoms with E-state index in [9.17, 15) is 10.1 Å². The minimum Gasteiger partial charge on any atom is -0.422 e. The van der Waals surface area contributed by atoms with Gasteiger partial charge in [0.15, 0.2) is 0 Å². The third-order valence-corrected chi connectivity index (χ3v) is 6.94. The lowest BCUT2D eigenvalue weighted by atomic mass is 9.77. The zero-order chi connectivity index (χ0) is 23.6. The molecule has 1 aliphatic carbocycles. The summed E-state index contributed by atoms with van der Waals surface area (Å²) in [7, 11) is 0. The zero-order valence-electron chi connectivity index (χ0n) is 20.6. The van der Waals surface area contributed by atoms with Crippen LogP contribution in [-0.2, 0) is 6.42 Å². The van der Waals surface area contributed by atoms with Crippen molar-refractivity contribution in [1.29, 1.82) is 5.26 Å². The second-order valence-electron chi connectivity index (χ2n) is 10.1. The van der Waals surface area contributed by atoms with Crippen molar-refractivity contribution in [2.75, 3.05) is 0 Å². The van der Waals surface area contributed by atoms with Gasteiger partial charge in [0.2, 0.25) is 0 Å². The minimum absolute atomic E-state index is 0.330. The van der Waals surface area contributed by atoms with Crippen LogP contribution in [0.5, 0.6) is 5.75 Å². The average molecular weight is 446 g/mol. The van der Waals surface area contributed by atoms with Crippen LogP contribution in [0.15, 0.2) is 42.5 Å². The van der Waals surface area contributed by atoms with E-state index in [2.05, 4.69) is 39.0 Å². The Bertz CT molecular complexity index is 931. The molecule has 176 valence electrons. The monoisotopic (exact) mass is 445 g/mol. The van der Waals surface area contributed by atoms with Gasteiger partial charge in [0.1, 0.15) is 11.8 Å². The fourth-order valence-corrected chi connectivity index (χ4v) is 5.05. The molecule has 3 heteroatoms. The van der Waals surface area contributed by atoms with Crippen LogP contribution in [0.4, 0.5) is 0 Å². The summed E-state index contributed by atoms with van der Waals surface area (Å²) in [5, 5.41) is 9.49. The van der Waals surface area contributed by atoms with Crippen LogP contribution >= 0.6 is 0 Å². The number of benzene rings is 2. The summed E-state index contributed by atoms with van der Waals surface area (Å²) in [5.74, 6) is 1.92. The number of nitrogens with zero attached hydrogens (tertiary/aromatic N) is 1. The molecule has 33 heavy (non-hydrogen) atoms. The molecule has 0 bridgehead atoms. The highest BCUT2D eigenvalue weighted by molar-refractivity contribution is 5.91. The average Bonchev–Trinajstić information content (AvgIpc) is 2.83. The summed E-state index contributed by atoms with van der Waals surface area (Å²) in [6.45, 7) is 6.55. The lowest BCUT2D eigenvalue weighted by molar-refractivity contribution is 0.0734. The molecule has 1 aliphatic rings. The first kappa shape index (κ1) is 25.0. The molecule has 3 nitrogen and oxygen atoms in total. The summed E-state index contributed by atoms with van der Waals surface area (Å²) in [5.41, 5.74) is 3.34. The first-order valence-electron chi connectivity index (χ1n) is 12.8. The summed E-state index contributed by atoms with van der Waals surface area (Å²) >= 11 is 0. The van der Waals surface area contributed by atoms with E-state index >= 15 is 0 Å². The fraction of sp³-hybridized carbons (Fsp3) is 0.533. The highest BCUT2D eigenvalue weighted by atomic mass is 16.5. The Labute approximate surface area is 200 Å². The van der Waals surface area contributed by atoms with Crippen LogP contribution in [0.25, 0.3) is 0 Å². The highest BCUT2D eigenvalue weighted by Gasteiger charge is 2.22. The van der Waals surface area contributed by atoms with Crippen molar-refractivity contribution in [2.45, 2.75) is 90.9 Å². The fourth-order valence-electron chi connectivity index (χ4n) is 5.05. The third kappa shape index (κ3) is 7.46. The second-order valence-corrected chi connectivity index (χ2v) is 10.1. The summed E-state index contributed by atoms with van der Waals surface area (Å²) in [6, 6.07) is 15.6. The molecule has 0 saturated heterocycles. The van der Waals surface area contributed by atoms with Crippen molar-refractivity contribution in [2.24, 2.45) is 11.8 Å². The van der Waals surface area contributed by atoms with Crippen LogP contribution in [0.2, 0.25) is 0 Å². The van der Waals surface area contributed by atoms with Gasteiger partial charge in [0.25, 0.3) is 0 Å². The van der Waals surface area contributed by atoms with Gasteiger partial charge >= 0.3 is 5.97 Å². The van der Waals surface area contributed by atoms with E-state index in [4.69, 9.17) is 4.74 Å². The lowest BCUT2D eigenvalue weighted by Gasteiger charge is -2.29. The molecule has 1 saturated carbocycles. The highest BCUT2D eigenvalue weighted by Crippen LogP contribution is 2.38. The number of rotatable bonds is 10. The smallest absolute Gasteiger partial charge is 0.343 e. The number of carbonyl (C=O) groups is 1. The van der Waals surface area contributed by atoms with E-state index in [0.29, 0.717) is 28.7 Å². The molecule has 0 atom stereocenters. The van der Waals surface area contributed by atoms with Gasteiger partial charge in [-0.15, -0.1) is 0 Å². The van der Waals surface area contributed by atoms with Gasteiger partial charge in [-0.1, -0.05) is 71.1 Å². The molecular formula is C30H39NO2. The van der Waals surface area contributed by atoms with Gasteiger partial charge in [-0.3, -0.25) is 0 Å². The zero-order valence-corrected chi connectivity index (χ0v) is 20.6. The molecule has 2 aromatic rings. The third-order valence-electron chi connectivity index (χ3n) is 6.94. The van der Waals surface area contributed by atoms with Crippen molar-refractivity contribution < 1.29 is 9.53 Å². The number of nitriles is 1. The Hall–Kier alpha value is -2.60. The molecule has 0 radical (unpaired) electrons. The lowest BCUT2D eigenvalue weighted by Crippen LogP contribution is -2.14. The first-order chi connectivity index (χ1) is 16.0. The molecule has 0 N–H and O–H groups in total. The van der Waals surface area contributed by atoms with Crippen molar-refractivity contribution in [3.05, 3.63) is 64.7 Å². The topological polar surface area (TPSA) is 50.1 Å². The van der Waals surface area contributed by atoms with E-state index < -0.39 is 5.97 Å². The van der Waals surface area contributed by atoms with Crippen LogP contribution in [0.3, 0.4) is 0 Å². The maximum atomic E-state index is 12.7. The van der Waals surface area contributed by atoms with Crippen molar-refractivity contribution in [3.63, 3.8) is 0 Å². The number of hydrogen-bond donors (Lipinski definition) is 0. The number of ether oxygens (including phenoxy) is 1. The summed E-state index contributed by atoms with van der Waals surface area (Å²) in [6.07, 6.45) is 12.9. The predicted octanol–water partition coefficient (Wildman–Crippen LogP) is 8.22. The van der Waals surface area contributed by atoms with E-state index in [0.717, 1.165) is 17.9 Å². The van der Waals surface area contributed by atoms with Gasteiger partial charge in [0.05, 0.1) is 11.1 Å². The molecule has 2 aromatic carbocycles. The van der Waals surface area contributed by atoms with Gasteiger partial charge in [0, 0.05) is 0 Å². The van der Waals surface area contributed by atoms with Gasteiger partial charge in [-0.2, -0.15) is 5.26 Å². The number of esters is 1. The molecule has 3 rings (SSSR count). The Balaban J connectivity index is 1.54. The Morgan fingerprint density at radius 2 is 1.76 bits per heavy atom. The van der Waals surface area contributed by atoms with Gasteiger partial charge < -0.3 is 4.74 Å². The molecule has 0 spiro atoms. The largest absolute Gasteiger partial charge is 0.422 e. The van der Waals surface area contributed by atoms with Crippen LogP contribution in [0, 0.1) is 23.2 Å². The molecule has 1 fully saturated rings. The SMILES string of the molecule is CCCCCCC1CCC(c2ccc(C(=O)Oc3ccc(CC(C)C)cc3C#N)cc2)CC1. The van der Waals surface area contributed by atoms with Crippen LogP contribution < -0.4 is 4.74 Å². The van der Waals surface area contributed by atoms with E-state index in [1.165, 1.54) is 63.4 Å². The van der Waals surface area contributed by atoms with E-state index in [-0.39, 0.29) is 0 Å². The predicted molar refractivity (Wildman–Crippen MR) is 135 cm³/mol. The standard InChI is InChI=1S/C30H39NO2/c1-4-5-6-7-8-23-9-12-25(13-10-23)26-14-16-27(17-15-26)30(32)33-29-18-11-24(19-22(2)3)20-28(29)21-31/h11,14-18,20,22-23,25H,4-10,12-13,19H2,1-3H3. The second kappa shape index (κ2) is 12.6. The molecule has 0 aliphatic heterocycles. The summed E-state index contributed by atoms with van der Waals surface area (Å²) < 4.78 is 5.58. The van der Waals surface area contributed by atoms with Crippen molar-refractivity contribution >= 4 is 5.97 Å². The number of hydrogen-bond acceptors (Lipinski definition) is 3. The van der Waals surface area contributed by atoms with Crippen molar-refractivity contribution in [3.8, 4) is 11.8 Å². The number of carbonyl (C=O) groups excluding carboxylic acids is 1. The van der Waals surface area contributed by atoms with Crippen LogP contribution in [-0.4, -0.2) is 5.97 Å². The Kier molecular flexibility index (Phi) is 9.55. The van der Waals surface area contributed by atoms with Gasteiger partial charge in [-0.25, -0.2) is 4.79 Å². The van der Waals surface area contributed by atoms with E-state index in [1.807, 2.05) is 24.3 Å². The van der Waals surface area contributed by atoms with Gasteiger partial charge in [-0.05, 0) is 85.3 Å². The molecule has 0 heterocycles. The first-order valence-corrected chi connectivity index (χ1v) is 12.8. The Morgan fingerprint density at radius 3 is 2.39 bits per heavy atom. The van der Waals surface area contributed by atoms with E-state index in [1.54, 1.807) is 6.07 Å². The van der Waals surface area contributed by atoms with Crippen molar-refractivity contribution in [1.82, 2.24) is 0 Å².